The minimum Gasteiger partial charge on any atom is -0.296 e. The van der Waals surface area contributed by atoms with Gasteiger partial charge >= 0.3 is 0 Å². The molecule has 4 heteroatoms. The van der Waals surface area contributed by atoms with Gasteiger partial charge in [-0.1, -0.05) is 0 Å². The highest BCUT2D eigenvalue weighted by molar-refractivity contribution is 4.91. The molecule has 0 radical (unpaired) electrons. The summed E-state index contributed by atoms with van der Waals surface area (Å²) in [4.78, 5) is 2.94. The molecule has 0 unspecified atom stereocenters. The van der Waals surface area contributed by atoms with Gasteiger partial charge in [0.15, 0.2) is 0 Å². The van der Waals surface area contributed by atoms with E-state index in [0.29, 0.717) is 0 Å². The van der Waals surface area contributed by atoms with Crippen LogP contribution in [0.1, 0.15) is 6.42 Å². The molecule has 1 N–H and O–H groups in total. The summed E-state index contributed by atoms with van der Waals surface area (Å²) in [5, 5.41) is 2.39. The topological polar surface area (TPSA) is 16.4 Å². The first-order chi connectivity index (χ1) is 4.14. The summed E-state index contributed by atoms with van der Waals surface area (Å²) in [7, 11) is 0. The third kappa shape index (κ3) is 1.36. The molecular formula is C5H6F2N2. The van der Waals surface area contributed by atoms with Crippen LogP contribution < -0.4 is 5.32 Å². The number of hydrogen-bond acceptors (Lipinski definition) is 1. The predicted octanol–water partition coefficient (Wildman–Crippen LogP) is 0.860. The SMILES string of the molecule is [C-]#[N+][C@@H]1CC(F)(F)CN1. The third-order valence-corrected chi connectivity index (χ3v) is 1.24. The van der Waals surface area contributed by atoms with Crippen LogP contribution in [-0.2, 0) is 0 Å². The van der Waals surface area contributed by atoms with Crippen molar-refractivity contribution >= 4 is 0 Å². The van der Waals surface area contributed by atoms with Gasteiger partial charge in [0.25, 0.3) is 12.1 Å². The maximum atomic E-state index is 12.2. The Bertz CT molecular complexity index is 150. The van der Waals surface area contributed by atoms with Gasteiger partial charge in [-0.15, -0.1) is 0 Å². The summed E-state index contributed by atoms with van der Waals surface area (Å²) in [5.41, 5.74) is 0. The fourth-order valence-corrected chi connectivity index (χ4v) is 0.786. The molecule has 0 bridgehead atoms. The highest BCUT2D eigenvalue weighted by Crippen LogP contribution is 2.25. The largest absolute Gasteiger partial charge is 0.296 e. The second kappa shape index (κ2) is 1.92. The molecule has 0 aromatic carbocycles. The van der Waals surface area contributed by atoms with Crippen LogP contribution in [-0.4, -0.2) is 18.6 Å². The summed E-state index contributed by atoms with van der Waals surface area (Å²) in [6.45, 7) is 6.06. The minimum atomic E-state index is -2.66. The molecule has 1 fully saturated rings. The maximum Gasteiger partial charge on any atom is 0.283 e. The Labute approximate surface area is 51.7 Å². The van der Waals surface area contributed by atoms with Crippen LogP contribution in [0.3, 0.4) is 0 Å². The number of alkyl halides is 2. The highest BCUT2D eigenvalue weighted by Gasteiger charge is 2.42. The average Bonchev–Trinajstić information content (AvgIpc) is 2.10. The predicted molar refractivity (Wildman–Crippen MR) is 28.0 cm³/mol. The quantitative estimate of drug-likeness (QED) is 0.483. The number of nitrogens with zero attached hydrogens (tertiary/aromatic N) is 1. The number of halogens is 2. The van der Waals surface area contributed by atoms with Gasteiger partial charge in [0.1, 0.15) is 6.42 Å². The number of hydrogen-bond donors (Lipinski definition) is 1. The molecule has 1 saturated heterocycles. The van der Waals surface area contributed by atoms with E-state index in [9.17, 15) is 8.78 Å². The standard InChI is InChI=1S/C5H6F2N2/c1-8-4-2-5(6,7)3-9-4/h4,9H,2-3H2/t4-/m0/s1. The van der Waals surface area contributed by atoms with Gasteiger partial charge in [-0.25, -0.2) is 20.7 Å². The zero-order chi connectivity index (χ0) is 6.91. The van der Waals surface area contributed by atoms with Crippen LogP contribution >= 0.6 is 0 Å². The molecule has 50 valence electrons. The molecule has 0 aromatic heterocycles. The molecule has 2 nitrogen and oxygen atoms in total. The van der Waals surface area contributed by atoms with Crippen molar-refractivity contribution in [2.75, 3.05) is 6.54 Å². The van der Waals surface area contributed by atoms with Crippen LogP contribution in [0, 0.1) is 6.57 Å². The van der Waals surface area contributed by atoms with E-state index in [0.717, 1.165) is 0 Å². The molecule has 1 rings (SSSR count). The molecule has 1 aliphatic heterocycles. The van der Waals surface area contributed by atoms with Crippen LogP contribution in [0.25, 0.3) is 4.85 Å². The third-order valence-electron chi connectivity index (χ3n) is 1.24. The molecule has 0 aliphatic carbocycles. The lowest BCUT2D eigenvalue weighted by Gasteiger charge is -2.00. The van der Waals surface area contributed by atoms with Gasteiger partial charge in [-0.3, -0.25) is 4.85 Å². The highest BCUT2D eigenvalue weighted by atomic mass is 19.3. The zero-order valence-electron chi connectivity index (χ0n) is 4.69. The monoisotopic (exact) mass is 132 g/mol. The van der Waals surface area contributed by atoms with E-state index >= 15 is 0 Å². The van der Waals surface area contributed by atoms with Crippen molar-refractivity contribution in [1.82, 2.24) is 5.32 Å². The van der Waals surface area contributed by atoms with E-state index in [2.05, 4.69) is 10.2 Å². The van der Waals surface area contributed by atoms with Crippen LogP contribution in [0.4, 0.5) is 8.78 Å². The minimum absolute atomic E-state index is 0.337. The van der Waals surface area contributed by atoms with Crippen molar-refractivity contribution in [2.24, 2.45) is 0 Å². The molecule has 0 saturated carbocycles. The van der Waals surface area contributed by atoms with Crippen LogP contribution in [0.15, 0.2) is 0 Å². The Balaban J connectivity index is 2.50. The normalized spacial score (nSPS) is 31.9. The molecule has 9 heavy (non-hydrogen) atoms. The van der Waals surface area contributed by atoms with Gasteiger partial charge in [0.2, 0.25) is 0 Å². The second-order valence-electron chi connectivity index (χ2n) is 2.09. The Morgan fingerprint density at radius 3 is 2.56 bits per heavy atom. The fourth-order valence-electron chi connectivity index (χ4n) is 0.786. The second-order valence-corrected chi connectivity index (χ2v) is 2.09. The van der Waals surface area contributed by atoms with Crippen molar-refractivity contribution in [3.05, 3.63) is 11.4 Å². The van der Waals surface area contributed by atoms with Crippen LogP contribution in [0.2, 0.25) is 0 Å². The summed E-state index contributed by atoms with van der Waals surface area (Å²) in [5.74, 6) is -2.66. The molecule has 1 aliphatic rings. The summed E-state index contributed by atoms with van der Waals surface area (Å²) < 4.78 is 24.4. The van der Waals surface area contributed by atoms with Gasteiger partial charge in [0, 0.05) is 0 Å². The van der Waals surface area contributed by atoms with Crippen molar-refractivity contribution < 1.29 is 8.78 Å². The van der Waals surface area contributed by atoms with Gasteiger partial charge in [-0.05, 0) is 0 Å². The van der Waals surface area contributed by atoms with Gasteiger partial charge < -0.3 is 0 Å². The van der Waals surface area contributed by atoms with E-state index < -0.39 is 12.1 Å². The first-order valence-corrected chi connectivity index (χ1v) is 2.62. The van der Waals surface area contributed by atoms with E-state index in [1.54, 1.807) is 0 Å². The lowest BCUT2D eigenvalue weighted by molar-refractivity contribution is 0.0222. The smallest absolute Gasteiger partial charge is 0.283 e. The molecule has 0 aromatic rings. The lowest BCUT2D eigenvalue weighted by Crippen LogP contribution is -2.20. The Kier molecular flexibility index (Phi) is 1.37. The average molecular weight is 132 g/mol. The Morgan fingerprint density at radius 2 is 2.33 bits per heavy atom. The van der Waals surface area contributed by atoms with Crippen molar-refractivity contribution in [2.45, 2.75) is 18.5 Å². The fraction of sp³-hybridized carbons (Fsp3) is 0.800. The van der Waals surface area contributed by atoms with Crippen molar-refractivity contribution in [3.63, 3.8) is 0 Å². The number of nitrogens with one attached hydrogen (secondary N) is 1. The van der Waals surface area contributed by atoms with Crippen LogP contribution in [0.5, 0.6) is 0 Å². The van der Waals surface area contributed by atoms with E-state index in [4.69, 9.17) is 6.57 Å². The summed E-state index contributed by atoms with van der Waals surface area (Å²) in [6, 6.07) is 0. The first kappa shape index (κ1) is 6.43. The Morgan fingerprint density at radius 1 is 1.67 bits per heavy atom. The maximum absolute atomic E-state index is 12.2. The summed E-state index contributed by atoms with van der Waals surface area (Å²) >= 11 is 0. The van der Waals surface area contributed by atoms with Gasteiger partial charge in [0.05, 0.1) is 6.54 Å². The Hall–Kier alpha value is -0.690. The van der Waals surface area contributed by atoms with E-state index in [1.165, 1.54) is 0 Å². The molecule has 1 atom stereocenters. The molecular weight excluding hydrogens is 126 g/mol. The molecule has 0 spiro atoms. The van der Waals surface area contributed by atoms with Gasteiger partial charge in [-0.2, -0.15) is 0 Å². The lowest BCUT2D eigenvalue weighted by atomic mass is 10.3. The number of rotatable bonds is 0. The molecule has 1 heterocycles. The summed E-state index contributed by atoms with van der Waals surface area (Å²) in [6.07, 6.45) is -1.00. The zero-order valence-corrected chi connectivity index (χ0v) is 4.69. The van der Waals surface area contributed by atoms with Crippen molar-refractivity contribution in [3.8, 4) is 0 Å². The van der Waals surface area contributed by atoms with E-state index in [1.807, 2.05) is 0 Å². The van der Waals surface area contributed by atoms with Crippen molar-refractivity contribution in [1.29, 1.82) is 0 Å². The first-order valence-electron chi connectivity index (χ1n) is 2.62. The van der Waals surface area contributed by atoms with E-state index in [-0.39, 0.29) is 13.0 Å². The molecule has 0 amide bonds.